The maximum atomic E-state index is 12.2. The summed E-state index contributed by atoms with van der Waals surface area (Å²) in [7, 11) is -1.94. The van der Waals surface area contributed by atoms with Gasteiger partial charge in [0.2, 0.25) is 11.8 Å². The van der Waals surface area contributed by atoms with Crippen LogP contribution in [-0.2, 0) is 25.9 Å². The molecule has 0 aliphatic rings. The molecule has 0 bridgehead atoms. The van der Waals surface area contributed by atoms with E-state index in [-0.39, 0.29) is 29.5 Å². The molecule has 0 aliphatic heterocycles. The fraction of sp³-hybridized carbons (Fsp3) is 0.333. The summed E-state index contributed by atoms with van der Waals surface area (Å²) in [6.07, 6.45) is 1.46. The second-order valence-electron chi connectivity index (χ2n) is 5.65. The summed E-state index contributed by atoms with van der Waals surface area (Å²) in [6.45, 7) is 1.13. The van der Waals surface area contributed by atoms with Crippen molar-refractivity contribution in [1.82, 2.24) is 10.3 Å². The summed E-state index contributed by atoms with van der Waals surface area (Å²) in [5.74, 6) is -0.158. The van der Waals surface area contributed by atoms with Gasteiger partial charge in [0.05, 0.1) is 17.3 Å². The number of hydrogen-bond donors (Lipinski definition) is 1. The predicted octanol–water partition coefficient (Wildman–Crippen LogP) is 2.24. The van der Waals surface area contributed by atoms with Gasteiger partial charge < -0.3 is 14.8 Å². The first-order valence-electron chi connectivity index (χ1n) is 8.22. The molecule has 0 aliphatic carbocycles. The van der Waals surface area contributed by atoms with E-state index in [0.29, 0.717) is 24.1 Å². The maximum Gasteiger partial charge on any atom is 0.221 e. The number of carbonyl (C=O) groups is 1. The summed E-state index contributed by atoms with van der Waals surface area (Å²) in [5.41, 5.74) is 0.781. The Hall–Kier alpha value is -2.16. The zero-order chi connectivity index (χ0) is 19.7. The highest BCUT2D eigenvalue weighted by Crippen LogP contribution is 2.16. The van der Waals surface area contributed by atoms with Crippen molar-refractivity contribution >= 4 is 27.3 Å². The third-order valence-corrected chi connectivity index (χ3v) is 5.58. The Morgan fingerprint density at radius 3 is 2.52 bits per heavy atom. The summed E-state index contributed by atoms with van der Waals surface area (Å²) in [5, 5.41) is 3.13. The Kier molecular flexibility index (Phi) is 8.02. The number of ether oxygens (including phenoxy) is 2. The molecule has 0 unspecified atom stereocenters. The standard InChI is InChI=1S/C18H21ClN2O5S/c1-25-9-10-26-18-7-2-14(13-21-18)12-20-17(22)8-11-27(23,24)16-5-3-15(19)4-6-16/h2-7,13H,8-12H2,1H3,(H,20,22). The second-order valence-corrected chi connectivity index (χ2v) is 8.19. The van der Waals surface area contributed by atoms with Gasteiger partial charge in [0.25, 0.3) is 0 Å². The van der Waals surface area contributed by atoms with E-state index in [1.807, 2.05) is 0 Å². The molecule has 1 aromatic carbocycles. The SMILES string of the molecule is COCCOc1ccc(CNC(=O)CCS(=O)(=O)c2ccc(Cl)cc2)cn1. The van der Waals surface area contributed by atoms with Crippen molar-refractivity contribution in [3.63, 3.8) is 0 Å². The smallest absolute Gasteiger partial charge is 0.221 e. The van der Waals surface area contributed by atoms with E-state index in [0.717, 1.165) is 5.56 Å². The van der Waals surface area contributed by atoms with Crippen molar-refractivity contribution in [2.45, 2.75) is 17.9 Å². The van der Waals surface area contributed by atoms with Crippen molar-refractivity contribution < 1.29 is 22.7 Å². The van der Waals surface area contributed by atoms with Gasteiger partial charge in [-0.3, -0.25) is 4.79 Å². The monoisotopic (exact) mass is 412 g/mol. The lowest BCUT2D eigenvalue weighted by Crippen LogP contribution is -2.25. The molecule has 0 saturated carbocycles. The van der Waals surface area contributed by atoms with Crippen molar-refractivity contribution in [2.24, 2.45) is 0 Å². The molecule has 1 aromatic heterocycles. The average Bonchev–Trinajstić information content (AvgIpc) is 2.66. The van der Waals surface area contributed by atoms with Crippen LogP contribution in [0.25, 0.3) is 0 Å². The number of aromatic nitrogens is 1. The Labute approximate surface area is 163 Å². The summed E-state index contributed by atoms with van der Waals surface area (Å²) >= 11 is 5.75. The lowest BCUT2D eigenvalue weighted by molar-refractivity contribution is -0.120. The Morgan fingerprint density at radius 1 is 1.15 bits per heavy atom. The van der Waals surface area contributed by atoms with Crippen molar-refractivity contribution in [3.05, 3.63) is 53.2 Å². The molecule has 0 fully saturated rings. The fourth-order valence-electron chi connectivity index (χ4n) is 2.11. The molecule has 2 aromatic rings. The number of pyridine rings is 1. The molecular formula is C18H21ClN2O5S. The molecule has 0 saturated heterocycles. The molecule has 0 atom stereocenters. The molecule has 9 heteroatoms. The van der Waals surface area contributed by atoms with Gasteiger partial charge in [0, 0.05) is 37.4 Å². The number of amides is 1. The van der Waals surface area contributed by atoms with Crippen LogP contribution in [0.15, 0.2) is 47.5 Å². The molecule has 146 valence electrons. The minimum absolute atomic E-state index is 0.128. The molecule has 7 nitrogen and oxygen atoms in total. The molecule has 0 radical (unpaired) electrons. The highest BCUT2D eigenvalue weighted by atomic mass is 35.5. The van der Waals surface area contributed by atoms with Crippen LogP contribution in [0, 0.1) is 0 Å². The van der Waals surface area contributed by atoms with Gasteiger partial charge in [-0.25, -0.2) is 13.4 Å². The Bertz CT molecular complexity index is 839. The number of methoxy groups -OCH3 is 1. The van der Waals surface area contributed by atoms with Gasteiger partial charge in [0.1, 0.15) is 6.61 Å². The fourth-order valence-corrected chi connectivity index (χ4v) is 3.47. The van der Waals surface area contributed by atoms with Crippen LogP contribution in [0.5, 0.6) is 5.88 Å². The number of rotatable bonds is 10. The number of sulfone groups is 1. The van der Waals surface area contributed by atoms with Crippen LogP contribution in [0.3, 0.4) is 0 Å². The predicted molar refractivity (Wildman–Crippen MR) is 102 cm³/mol. The first-order valence-corrected chi connectivity index (χ1v) is 10.3. The van der Waals surface area contributed by atoms with Crippen LogP contribution in [-0.4, -0.2) is 45.4 Å². The summed E-state index contributed by atoms with van der Waals surface area (Å²) in [6, 6.07) is 9.34. The number of nitrogens with one attached hydrogen (secondary N) is 1. The topological polar surface area (TPSA) is 94.6 Å². The van der Waals surface area contributed by atoms with E-state index < -0.39 is 9.84 Å². The largest absolute Gasteiger partial charge is 0.475 e. The van der Waals surface area contributed by atoms with Crippen molar-refractivity contribution in [2.75, 3.05) is 26.1 Å². The normalized spacial score (nSPS) is 11.2. The highest BCUT2D eigenvalue weighted by molar-refractivity contribution is 7.91. The third-order valence-electron chi connectivity index (χ3n) is 3.60. The lowest BCUT2D eigenvalue weighted by atomic mass is 10.3. The molecule has 27 heavy (non-hydrogen) atoms. The molecular weight excluding hydrogens is 392 g/mol. The number of hydrogen-bond acceptors (Lipinski definition) is 6. The van der Waals surface area contributed by atoms with Crippen molar-refractivity contribution in [1.29, 1.82) is 0 Å². The van der Waals surface area contributed by atoms with Gasteiger partial charge in [0.15, 0.2) is 9.84 Å². The van der Waals surface area contributed by atoms with E-state index in [1.54, 1.807) is 25.4 Å². The third kappa shape index (κ3) is 7.16. The maximum absolute atomic E-state index is 12.2. The van der Waals surface area contributed by atoms with Gasteiger partial charge >= 0.3 is 0 Å². The van der Waals surface area contributed by atoms with E-state index in [1.165, 1.54) is 24.3 Å². The van der Waals surface area contributed by atoms with Crippen LogP contribution in [0.4, 0.5) is 0 Å². The van der Waals surface area contributed by atoms with Crippen LogP contribution >= 0.6 is 11.6 Å². The van der Waals surface area contributed by atoms with Gasteiger partial charge in [-0.05, 0) is 29.8 Å². The number of halogens is 1. The second kappa shape index (κ2) is 10.2. The van der Waals surface area contributed by atoms with E-state index in [4.69, 9.17) is 21.1 Å². The summed E-state index contributed by atoms with van der Waals surface area (Å²) in [4.78, 5) is 16.2. The summed E-state index contributed by atoms with van der Waals surface area (Å²) < 4.78 is 34.7. The zero-order valence-corrected chi connectivity index (χ0v) is 16.4. The van der Waals surface area contributed by atoms with E-state index in [9.17, 15) is 13.2 Å². The lowest BCUT2D eigenvalue weighted by Gasteiger charge is -2.08. The quantitative estimate of drug-likeness (QED) is 0.601. The van der Waals surface area contributed by atoms with Gasteiger partial charge in [-0.15, -0.1) is 0 Å². The number of benzene rings is 1. The highest BCUT2D eigenvalue weighted by Gasteiger charge is 2.16. The molecule has 1 heterocycles. The molecule has 1 N–H and O–H groups in total. The van der Waals surface area contributed by atoms with Gasteiger partial charge in [-0.1, -0.05) is 17.7 Å². The number of carbonyl (C=O) groups excluding carboxylic acids is 1. The first-order chi connectivity index (χ1) is 12.9. The molecule has 0 spiro atoms. The van der Waals surface area contributed by atoms with Crippen LogP contribution < -0.4 is 10.1 Å². The molecule has 2 rings (SSSR count). The average molecular weight is 413 g/mol. The minimum Gasteiger partial charge on any atom is -0.475 e. The Morgan fingerprint density at radius 2 is 1.89 bits per heavy atom. The van der Waals surface area contributed by atoms with Crippen LogP contribution in [0.2, 0.25) is 5.02 Å². The van der Waals surface area contributed by atoms with Gasteiger partial charge in [-0.2, -0.15) is 0 Å². The first kappa shape index (κ1) is 21.1. The minimum atomic E-state index is -3.53. The zero-order valence-electron chi connectivity index (χ0n) is 14.9. The van der Waals surface area contributed by atoms with Crippen molar-refractivity contribution in [3.8, 4) is 5.88 Å². The Balaban J connectivity index is 1.78. The molecule has 1 amide bonds. The van der Waals surface area contributed by atoms with Crippen LogP contribution in [0.1, 0.15) is 12.0 Å². The van der Waals surface area contributed by atoms with E-state index >= 15 is 0 Å². The number of nitrogens with zero attached hydrogens (tertiary/aromatic N) is 1. The van der Waals surface area contributed by atoms with E-state index in [2.05, 4.69) is 10.3 Å².